The van der Waals surface area contributed by atoms with Crippen LogP contribution in [0.15, 0.2) is 0 Å². The Balaban J connectivity index is 2.08. The summed E-state index contributed by atoms with van der Waals surface area (Å²) in [5.41, 5.74) is -0.764. The van der Waals surface area contributed by atoms with Crippen LogP contribution in [0.1, 0.15) is 26.7 Å². The zero-order valence-electron chi connectivity index (χ0n) is 10.4. The van der Waals surface area contributed by atoms with Crippen LogP contribution in [0.3, 0.4) is 0 Å². The maximum Gasteiger partial charge on any atom is 0.228 e. The van der Waals surface area contributed by atoms with Gasteiger partial charge in [-0.3, -0.25) is 4.79 Å². The number of likely N-dealkylation sites (tertiary alicyclic amines) is 2. The van der Waals surface area contributed by atoms with E-state index in [2.05, 4.69) is 4.90 Å². The minimum Gasteiger partial charge on any atom is -0.386 e. The number of carbonyl (C=O) groups is 1. The molecule has 2 aliphatic rings. The van der Waals surface area contributed by atoms with Gasteiger partial charge in [-0.05, 0) is 33.7 Å². The molecule has 0 aromatic heterocycles. The van der Waals surface area contributed by atoms with E-state index in [1.165, 1.54) is 0 Å². The molecule has 0 bridgehead atoms. The number of aliphatic hydroxyl groups is 1. The second-order valence-corrected chi connectivity index (χ2v) is 5.60. The molecule has 1 N–H and O–H groups in total. The summed E-state index contributed by atoms with van der Waals surface area (Å²) < 4.78 is 0. The van der Waals surface area contributed by atoms with Crippen molar-refractivity contribution in [3.63, 3.8) is 0 Å². The number of piperidine rings is 1. The van der Waals surface area contributed by atoms with Gasteiger partial charge in [0.2, 0.25) is 5.91 Å². The highest BCUT2D eigenvalue weighted by Crippen LogP contribution is 2.35. The van der Waals surface area contributed by atoms with Gasteiger partial charge in [-0.15, -0.1) is 0 Å². The van der Waals surface area contributed by atoms with E-state index >= 15 is 0 Å². The first-order valence-electron chi connectivity index (χ1n) is 6.15. The number of nitrogens with zero attached hydrogens (tertiary/aromatic N) is 2. The summed E-state index contributed by atoms with van der Waals surface area (Å²) >= 11 is 0. The minimum absolute atomic E-state index is 0.150. The zero-order valence-corrected chi connectivity index (χ0v) is 10.4. The fraction of sp³-hybridized carbons (Fsp3) is 0.917. The first-order valence-corrected chi connectivity index (χ1v) is 6.15. The summed E-state index contributed by atoms with van der Waals surface area (Å²) in [6, 6.07) is 0.247. The molecule has 0 saturated carbocycles. The molecule has 2 aliphatic heterocycles. The van der Waals surface area contributed by atoms with Crippen molar-refractivity contribution in [3.05, 3.63) is 0 Å². The van der Waals surface area contributed by atoms with Crippen molar-refractivity contribution in [2.24, 2.45) is 5.92 Å². The Morgan fingerprint density at radius 1 is 1.44 bits per heavy atom. The van der Waals surface area contributed by atoms with Gasteiger partial charge >= 0.3 is 0 Å². The highest BCUT2D eigenvalue weighted by Gasteiger charge is 2.51. The third kappa shape index (κ3) is 1.84. The number of likely N-dealkylation sites (N-methyl/N-ethyl adjacent to an activating group) is 1. The van der Waals surface area contributed by atoms with Gasteiger partial charge < -0.3 is 14.9 Å². The third-order valence-electron chi connectivity index (χ3n) is 3.83. The Hall–Kier alpha value is -0.610. The number of hydrogen-bond acceptors (Lipinski definition) is 3. The molecule has 2 heterocycles. The average Bonchev–Trinajstić information content (AvgIpc) is 2.15. The van der Waals surface area contributed by atoms with Gasteiger partial charge in [-0.25, -0.2) is 0 Å². The molecule has 4 nitrogen and oxygen atoms in total. The molecule has 16 heavy (non-hydrogen) atoms. The Bertz CT molecular complexity index is 285. The van der Waals surface area contributed by atoms with Gasteiger partial charge in [0.25, 0.3) is 0 Å². The van der Waals surface area contributed by atoms with Gasteiger partial charge in [0.1, 0.15) is 5.60 Å². The van der Waals surface area contributed by atoms with Gasteiger partial charge in [-0.1, -0.05) is 0 Å². The molecule has 2 rings (SSSR count). The maximum absolute atomic E-state index is 12.3. The van der Waals surface area contributed by atoms with Crippen LogP contribution < -0.4 is 0 Å². The fourth-order valence-electron chi connectivity index (χ4n) is 3.02. The summed E-state index contributed by atoms with van der Waals surface area (Å²) in [6.07, 6.45) is 1.85. The van der Waals surface area contributed by atoms with Crippen LogP contribution in [0.2, 0.25) is 0 Å². The lowest BCUT2D eigenvalue weighted by Crippen LogP contribution is -2.68. The molecule has 1 atom stereocenters. The quantitative estimate of drug-likeness (QED) is 0.737. The molecule has 0 aromatic rings. The lowest BCUT2D eigenvalue weighted by atomic mass is 9.76. The first-order chi connectivity index (χ1) is 7.44. The highest BCUT2D eigenvalue weighted by molar-refractivity contribution is 5.81. The van der Waals surface area contributed by atoms with E-state index in [1.807, 2.05) is 25.8 Å². The second-order valence-electron chi connectivity index (χ2n) is 5.60. The topological polar surface area (TPSA) is 43.8 Å². The Morgan fingerprint density at radius 2 is 2.06 bits per heavy atom. The molecule has 0 aliphatic carbocycles. The van der Waals surface area contributed by atoms with Crippen LogP contribution in [-0.2, 0) is 4.79 Å². The monoisotopic (exact) mass is 226 g/mol. The summed E-state index contributed by atoms with van der Waals surface area (Å²) in [7, 11) is 1.97. The highest BCUT2D eigenvalue weighted by atomic mass is 16.3. The Kier molecular flexibility index (Phi) is 2.97. The van der Waals surface area contributed by atoms with Gasteiger partial charge in [0.15, 0.2) is 0 Å². The molecule has 0 spiro atoms. The van der Waals surface area contributed by atoms with Crippen molar-refractivity contribution in [2.75, 3.05) is 26.7 Å². The number of hydrogen-bond donors (Lipinski definition) is 1. The second kappa shape index (κ2) is 4.00. The van der Waals surface area contributed by atoms with Gasteiger partial charge in [0.05, 0.1) is 5.92 Å². The smallest absolute Gasteiger partial charge is 0.228 e. The molecule has 2 saturated heterocycles. The molecule has 2 fully saturated rings. The van der Waals surface area contributed by atoms with E-state index in [-0.39, 0.29) is 17.9 Å². The van der Waals surface area contributed by atoms with Crippen molar-refractivity contribution < 1.29 is 9.90 Å². The van der Waals surface area contributed by atoms with Crippen LogP contribution in [0, 0.1) is 5.92 Å². The van der Waals surface area contributed by atoms with Crippen molar-refractivity contribution in [1.29, 1.82) is 0 Å². The lowest BCUT2D eigenvalue weighted by molar-refractivity contribution is -0.170. The largest absolute Gasteiger partial charge is 0.386 e. The number of rotatable bonds is 2. The normalized spacial score (nSPS) is 30.7. The maximum atomic E-state index is 12.3. The van der Waals surface area contributed by atoms with Crippen molar-refractivity contribution in [2.45, 2.75) is 38.3 Å². The van der Waals surface area contributed by atoms with E-state index in [0.717, 1.165) is 19.4 Å². The van der Waals surface area contributed by atoms with E-state index in [0.29, 0.717) is 13.1 Å². The standard InChI is InChI=1S/C12H22N2O2/c1-9(2)14-6-4-5-10(11(14)15)12(16)7-13(3)8-12/h9-10,16H,4-8H2,1-3H3/t10-/m1/s1. The average molecular weight is 226 g/mol. The fourth-order valence-corrected chi connectivity index (χ4v) is 3.02. The molecule has 92 valence electrons. The molecular weight excluding hydrogens is 204 g/mol. The Labute approximate surface area is 97.2 Å². The van der Waals surface area contributed by atoms with E-state index in [9.17, 15) is 9.90 Å². The predicted octanol–water partition coefficient (Wildman–Crippen LogP) is 0.310. The zero-order chi connectivity index (χ0) is 11.9. The molecular formula is C12H22N2O2. The lowest BCUT2D eigenvalue weighted by Gasteiger charge is -2.51. The molecule has 4 heteroatoms. The molecule has 1 amide bonds. The van der Waals surface area contributed by atoms with Crippen LogP contribution in [-0.4, -0.2) is 59.1 Å². The minimum atomic E-state index is -0.764. The molecule has 0 radical (unpaired) electrons. The third-order valence-corrected chi connectivity index (χ3v) is 3.83. The summed E-state index contributed by atoms with van der Waals surface area (Å²) in [5.74, 6) is -0.0308. The van der Waals surface area contributed by atoms with Crippen molar-refractivity contribution in [3.8, 4) is 0 Å². The van der Waals surface area contributed by atoms with Gasteiger partial charge in [0, 0.05) is 25.7 Å². The summed E-state index contributed by atoms with van der Waals surface area (Å²) in [6.45, 7) is 6.19. The van der Waals surface area contributed by atoms with E-state index in [1.54, 1.807) is 0 Å². The SMILES string of the molecule is CC(C)N1CCC[C@@H](C2(O)CN(C)C2)C1=O. The number of carbonyl (C=O) groups excluding carboxylic acids is 1. The molecule has 0 aromatic carbocycles. The first kappa shape index (κ1) is 11.9. The van der Waals surface area contributed by atoms with Crippen LogP contribution in [0.5, 0.6) is 0 Å². The number of amides is 1. The molecule has 0 unspecified atom stereocenters. The van der Waals surface area contributed by atoms with Crippen LogP contribution in [0.25, 0.3) is 0 Å². The van der Waals surface area contributed by atoms with Crippen LogP contribution >= 0.6 is 0 Å². The van der Waals surface area contributed by atoms with Crippen molar-refractivity contribution in [1.82, 2.24) is 9.80 Å². The van der Waals surface area contributed by atoms with Crippen LogP contribution in [0.4, 0.5) is 0 Å². The summed E-state index contributed by atoms with van der Waals surface area (Å²) in [5, 5.41) is 10.4. The predicted molar refractivity (Wildman–Crippen MR) is 62.0 cm³/mol. The number of β-amino-alcohol motifs (C(OH)–C–C–N with tert-alkyl or cyclic N) is 1. The van der Waals surface area contributed by atoms with E-state index in [4.69, 9.17) is 0 Å². The summed E-state index contributed by atoms with van der Waals surface area (Å²) in [4.78, 5) is 16.2. The van der Waals surface area contributed by atoms with E-state index < -0.39 is 5.60 Å². The van der Waals surface area contributed by atoms with Crippen molar-refractivity contribution >= 4 is 5.91 Å². The van der Waals surface area contributed by atoms with Gasteiger partial charge in [-0.2, -0.15) is 0 Å². The Morgan fingerprint density at radius 3 is 2.56 bits per heavy atom.